The number of carbonyl (C=O) groups is 1. The average Bonchev–Trinajstić information content (AvgIpc) is 3.40. The molecule has 5 nitrogen and oxygen atoms in total. The molecule has 33 heavy (non-hydrogen) atoms. The van der Waals surface area contributed by atoms with Crippen LogP contribution in [0, 0.1) is 6.92 Å². The molecule has 2 aromatic carbocycles. The van der Waals surface area contributed by atoms with Crippen molar-refractivity contribution in [2.24, 2.45) is 0 Å². The number of aryl methyl sites for hydroxylation is 1. The smallest absolute Gasteiger partial charge is 0.426 e. The molecule has 2 aromatic heterocycles. The largest absolute Gasteiger partial charge is 0.433 e. The summed E-state index contributed by atoms with van der Waals surface area (Å²) < 4.78 is 47.1. The number of benzene rings is 2. The molecule has 0 N–H and O–H groups in total. The van der Waals surface area contributed by atoms with E-state index in [1.807, 2.05) is 31.2 Å². The molecule has 0 saturated heterocycles. The van der Waals surface area contributed by atoms with Gasteiger partial charge in [-0.1, -0.05) is 48.0 Å². The number of aromatic nitrogens is 3. The first kappa shape index (κ1) is 22.5. The summed E-state index contributed by atoms with van der Waals surface area (Å²) in [6, 6.07) is 15.2. The maximum absolute atomic E-state index is 13.7. The molecule has 0 amide bonds. The number of alkyl halides is 3. The van der Waals surface area contributed by atoms with Crippen LogP contribution in [0.4, 0.5) is 13.2 Å². The maximum atomic E-state index is 13.7. The minimum atomic E-state index is -4.62. The van der Waals surface area contributed by atoms with Crippen LogP contribution in [0.1, 0.15) is 29.4 Å². The van der Waals surface area contributed by atoms with Crippen LogP contribution in [-0.2, 0) is 11.0 Å². The van der Waals surface area contributed by atoms with Crippen LogP contribution in [0.2, 0.25) is 0 Å². The van der Waals surface area contributed by atoms with Gasteiger partial charge in [-0.15, -0.1) is 11.3 Å². The second kappa shape index (κ2) is 9.03. The van der Waals surface area contributed by atoms with E-state index >= 15 is 0 Å². The molecule has 2 heterocycles. The summed E-state index contributed by atoms with van der Waals surface area (Å²) in [6.45, 7) is 3.23. The van der Waals surface area contributed by atoms with E-state index in [-0.39, 0.29) is 10.8 Å². The van der Waals surface area contributed by atoms with Crippen molar-refractivity contribution >= 4 is 29.5 Å². The molecule has 0 unspecified atom stereocenters. The van der Waals surface area contributed by atoms with Crippen LogP contribution in [0.15, 0.2) is 60.0 Å². The minimum Gasteiger partial charge on any atom is -0.426 e. The van der Waals surface area contributed by atoms with Crippen LogP contribution < -0.4 is 4.74 Å². The van der Waals surface area contributed by atoms with Crippen molar-refractivity contribution in [1.82, 2.24) is 14.8 Å². The highest BCUT2D eigenvalue weighted by molar-refractivity contribution is 7.12. The summed E-state index contributed by atoms with van der Waals surface area (Å²) in [6.07, 6.45) is -1.64. The standard InChI is InChI=1S/C24H18F3N3O2S/c1-15-7-9-17(10-8-15)20-14-33-23(28-20)30-22(24(25,26)27)13-19(29-30)12-11-18-5-3-4-6-21(18)32-16(2)31/h3-14H,1-2H3/b12-11+. The second-order valence-corrected chi connectivity index (χ2v) is 8.05. The fourth-order valence-corrected chi connectivity index (χ4v) is 3.88. The van der Waals surface area contributed by atoms with E-state index in [4.69, 9.17) is 4.74 Å². The molecule has 0 bridgehead atoms. The van der Waals surface area contributed by atoms with E-state index in [9.17, 15) is 18.0 Å². The SMILES string of the molecule is CC(=O)Oc1ccccc1/C=C/c1cc(C(F)(F)F)n(-c2nc(-c3ccc(C)cc3)cs2)n1. The lowest BCUT2D eigenvalue weighted by molar-refractivity contribution is -0.142. The van der Waals surface area contributed by atoms with Crippen molar-refractivity contribution < 1.29 is 22.7 Å². The van der Waals surface area contributed by atoms with Crippen LogP contribution in [0.3, 0.4) is 0 Å². The Morgan fingerprint density at radius 3 is 2.52 bits per heavy atom. The Balaban J connectivity index is 1.69. The van der Waals surface area contributed by atoms with E-state index in [0.717, 1.165) is 33.2 Å². The van der Waals surface area contributed by atoms with Crippen LogP contribution in [0.5, 0.6) is 5.75 Å². The molecule has 4 rings (SSSR count). The van der Waals surface area contributed by atoms with E-state index in [2.05, 4.69) is 10.1 Å². The van der Waals surface area contributed by atoms with Crippen LogP contribution in [-0.4, -0.2) is 20.7 Å². The van der Waals surface area contributed by atoms with Crippen molar-refractivity contribution in [3.63, 3.8) is 0 Å². The number of hydrogen-bond donors (Lipinski definition) is 0. The molecule has 0 radical (unpaired) electrons. The Morgan fingerprint density at radius 1 is 1.09 bits per heavy atom. The summed E-state index contributed by atoms with van der Waals surface area (Å²) >= 11 is 1.08. The number of hydrogen-bond acceptors (Lipinski definition) is 5. The van der Waals surface area contributed by atoms with Crippen molar-refractivity contribution in [2.75, 3.05) is 0 Å². The van der Waals surface area contributed by atoms with Crippen molar-refractivity contribution in [1.29, 1.82) is 0 Å². The highest BCUT2D eigenvalue weighted by Gasteiger charge is 2.36. The summed E-state index contributed by atoms with van der Waals surface area (Å²) in [5, 5.41) is 5.93. The summed E-state index contributed by atoms with van der Waals surface area (Å²) in [7, 11) is 0. The van der Waals surface area contributed by atoms with Crippen molar-refractivity contribution in [3.8, 4) is 22.1 Å². The Labute approximate surface area is 191 Å². The Bertz CT molecular complexity index is 1320. The molecule has 9 heteroatoms. The van der Waals surface area contributed by atoms with Gasteiger partial charge in [0.25, 0.3) is 0 Å². The number of para-hydroxylation sites is 1. The van der Waals surface area contributed by atoms with Gasteiger partial charge in [-0.2, -0.15) is 18.3 Å². The monoisotopic (exact) mass is 469 g/mol. The van der Waals surface area contributed by atoms with E-state index in [1.165, 1.54) is 13.0 Å². The molecule has 0 atom stereocenters. The fourth-order valence-electron chi connectivity index (χ4n) is 3.09. The quantitative estimate of drug-likeness (QED) is 0.250. The third-order valence-electron chi connectivity index (χ3n) is 4.65. The molecule has 0 fully saturated rings. The molecule has 0 saturated carbocycles. The van der Waals surface area contributed by atoms with Gasteiger partial charge in [0, 0.05) is 23.4 Å². The van der Waals surface area contributed by atoms with E-state index < -0.39 is 17.8 Å². The topological polar surface area (TPSA) is 57.0 Å². The number of halogens is 3. The minimum absolute atomic E-state index is 0.0899. The van der Waals surface area contributed by atoms with Crippen LogP contribution in [0.25, 0.3) is 28.5 Å². The van der Waals surface area contributed by atoms with Crippen LogP contribution >= 0.6 is 11.3 Å². The lowest BCUT2D eigenvalue weighted by atomic mass is 10.1. The first-order valence-corrected chi connectivity index (χ1v) is 10.7. The lowest BCUT2D eigenvalue weighted by Crippen LogP contribution is -2.13. The zero-order chi connectivity index (χ0) is 23.6. The highest BCUT2D eigenvalue weighted by atomic mass is 32.1. The summed E-state index contributed by atoms with van der Waals surface area (Å²) in [4.78, 5) is 15.7. The Hall–Kier alpha value is -3.72. The molecule has 168 valence electrons. The molecule has 0 spiro atoms. The van der Waals surface area contributed by atoms with Gasteiger partial charge in [0.1, 0.15) is 5.75 Å². The Kier molecular flexibility index (Phi) is 6.15. The van der Waals surface area contributed by atoms with Gasteiger partial charge in [-0.25, -0.2) is 9.67 Å². The predicted molar refractivity (Wildman–Crippen MR) is 121 cm³/mol. The third kappa shape index (κ3) is 5.20. The third-order valence-corrected chi connectivity index (χ3v) is 5.46. The summed E-state index contributed by atoms with van der Waals surface area (Å²) in [5.74, 6) is -0.188. The second-order valence-electron chi connectivity index (χ2n) is 7.21. The zero-order valence-corrected chi connectivity index (χ0v) is 18.4. The van der Waals surface area contributed by atoms with Gasteiger partial charge in [0.2, 0.25) is 5.13 Å². The highest BCUT2D eigenvalue weighted by Crippen LogP contribution is 2.34. The normalized spacial score (nSPS) is 11.8. The van der Waals surface area contributed by atoms with E-state index in [0.29, 0.717) is 17.0 Å². The summed E-state index contributed by atoms with van der Waals surface area (Å²) in [5.41, 5.74) is 2.16. The predicted octanol–water partition coefficient (Wildman–Crippen LogP) is 6.42. The number of thiazole rings is 1. The van der Waals surface area contributed by atoms with E-state index in [1.54, 1.807) is 35.7 Å². The molecule has 0 aliphatic carbocycles. The number of carbonyl (C=O) groups excluding carboxylic acids is 1. The number of ether oxygens (including phenoxy) is 1. The van der Waals surface area contributed by atoms with Crippen molar-refractivity contribution in [3.05, 3.63) is 82.5 Å². The molecular weight excluding hydrogens is 451 g/mol. The van der Waals surface area contributed by atoms with Gasteiger partial charge in [-0.05, 0) is 31.2 Å². The zero-order valence-electron chi connectivity index (χ0n) is 17.6. The van der Waals surface area contributed by atoms with Crippen molar-refractivity contribution in [2.45, 2.75) is 20.0 Å². The molecular formula is C24H18F3N3O2S. The number of rotatable bonds is 5. The molecule has 0 aliphatic rings. The van der Waals surface area contributed by atoms with Gasteiger partial charge in [0.05, 0.1) is 11.4 Å². The Morgan fingerprint density at radius 2 is 1.82 bits per heavy atom. The first-order valence-electron chi connectivity index (χ1n) is 9.86. The number of esters is 1. The van der Waals surface area contributed by atoms with Gasteiger partial charge < -0.3 is 4.74 Å². The molecule has 0 aliphatic heterocycles. The maximum Gasteiger partial charge on any atom is 0.433 e. The van der Waals surface area contributed by atoms with Gasteiger partial charge in [0.15, 0.2) is 5.69 Å². The first-order chi connectivity index (χ1) is 15.7. The van der Waals surface area contributed by atoms with Gasteiger partial charge >= 0.3 is 12.1 Å². The van der Waals surface area contributed by atoms with Gasteiger partial charge in [-0.3, -0.25) is 4.79 Å². The lowest BCUT2D eigenvalue weighted by Gasteiger charge is -2.07. The average molecular weight is 469 g/mol. The molecule has 4 aromatic rings. The fraction of sp³-hybridized carbons (Fsp3) is 0.125. The number of nitrogens with zero attached hydrogens (tertiary/aromatic N) is 3.